The van der Waals surface area contributed by atoms with Crippen molar-refractivity contribution in [2.75, 3.05) is 12.3 Å². The van der Waals surface area contributed by atoms with Crippen LogP contribution in [0.3, 0.4) is 0 Å². The number of carbonyl (C=O) groups is 1. The number of anilines is 1. The molecule has 0 saturated carbocycles. The van der Waals surface area contributed by atoms with E-state index in [9.17, 15) is 4.79 Å². The lowest BCUT2D eigenvalue weighted by molar-refractivity contribution is 0.0997. The van der Waals surface area contributed by atoms with Crippen molar-refractivity contribution in [2.24, 2.45) is 5.73 Å². The highest BCUT2D eigenvalue weighted by atomic mass is 35.5. The van der Waals surface area contributed by atoms with Crippen LogP contribution >= 0.6 is 11.6 Å². The second-order valence-corrected chi connectivity index (χ2v) is 3.24. The molecule has 0 saturated heterocycles. The summed E-state index contributed by atoms with van der Waals surface area (Å²) in [5.41, 5.74) is 11.3. The van der Waals surface area contributed by atoms with Crippen LogP contribution < -0.4 is 16.2 Å². The molecule has 1 rings (SSSR count). The number of carbonyl (C=O) groups excluding carboxylic acids is 1. The summed E-state index contributed by atoms with van der Waals surface area (Å²) in [6.45, 7) is 3.76. The van der Waals surface area contributed by atoms with Crippen molar-refractivity contribution in [1.29, 1.82) is 0 Å². The van der Waals surface area contributed by atoms with E-state index in [1.807, 2.05) is 0 Å². The van der Waals surface area contributed by atoms with Crippen LogP contribution in [0.2, 0.25) is 5.02 Å². The lowest BCUT2D eigenvalue weighted by atomic mass is 10.1. The maximum absolute atomic E-state index is 11.1. The molecule has 4 N–H and O–H groups in total. The van der Waals surface area contributed by atoms with Gasteiger partial charge in [0.2, 0.25) is 0 Å². The Balaban J connectivity index is 3.15. The molecule has 0 unspecified atom stereocenters. The molecule has 0 aromatic heterocycles. The van der Waals surface area contributed by atoms with E-state index in [0.717, 1.165) is 0 Å². The van der Waals surface area contributed by atoms with E-state index in [2.05, 4.69) is 6.58 Å². The summed E-state index contributed by atoms with van der Waals surface area (Å²) in [7, 11) is 0. The van der Waals surface area contributed by atoms with Crippen molar-refractivity contribution >= 4 is 23.2 Å². The molecular weight excluding hydrogens is 216 g/mol. The van der Waals surface area contributed by atoms with Gasteiger partial charge in [-0.25, -0.2) is 0 Å². The van der Waals surface area contributed by atoms with Crippen molar-refractivity contribution in [3.8, 4) is 5.75 Å². The number of benzene rings is 1. The van der Waals surface area contributed by atoms with Crippen molar-refractivity contribution in [3.63, 3.8) is 0 Å². The molecule has 0 aliphatic rings. The Hall–Kier alpha value is -1.68. The zero-order chi connectivity index (χ0) is 11.4. The zero-order valence-electron chi connectivity index (χ0n) is 8.00. The van der Waals surface area contributed by atoms with Crippen LogP contribution in [0.4, 0.5) is 5.69 Å². The van der Waals surface area contributed by atoms with Gasteiger partial charge in [0.25, 0.3) is 5.91 Å². The van der Waals surface area contributed by atoms with Gasteiger partial charge in [0.05, 0.1) is 16.3 Å². The Morgan fingerprint density at radius 3 is 2.80 bits per heavy atom. The average Bonchev–Trinajstić information content (AvgIpc) is 2.19. The van der Waals surface area contributed by atoms with Crippen LogP contribution in [-0.2, 0) is 0 Å². The molecule has 0 bridgehead atoms. The minimum atomic E-state index is -0.615. The van der Waals surface area contributed by atoms with Crippen LogP contribution in [0.15, 0.2) is 24.8 Å². The highest BCUT2D eigenvalue weighted by molar-refractivity contribution is 6.33. The monoisotopic (exact) mass is 226 g/mol. The predicted molar refractivity (Wildman–Crippen MR) is 60.1 cm³/mol. The molecule has 0 heterocycles. The van der Waals surface area contributed by atoms with Gasteiger partial charge in [0.1, 0.15) is 12.4 Å². The summed E-state index contributed by atoms with van der Waals surface area (Å²) in [5, 5.41) is 0.273. The molecule has 1 aromatic rings. The minimum absolute atomic E-state index is 0.205. The molecule has 80 valence electrons. The van der Waals surface area contributed by atoms with Gasteiger partial charge in [-0.3, -0.25) is 4.79 Å². The molecule has 1 aromatic carbocycles. The fraction of sp³-hybridized carbons (Fsp3) is 0.100. The lowest BCUT2D eigenvalue weighted by Crippen LogP contribution is -2.13. The average molecular weight is 227 g/mol. The molecule has 0 atom stereocenters. The summed E-state index contributed by atoms with van der Waals surface area (Å²) < 4.78 is 5.23. The van der Waals surface area contributed by atoms with E-state index < -0.39 is 5.91 Å². The third kappa shape index (κ3) is 2.63. The summed E-state index contributed by atoms with van der Waals surface area (Å²) in [4.78, 5) is 11.1. The van der Waals surface area contributed by atoms with E-state index in [4.69, 9.17) is 27.8 Å². The first-order valence-electron chi connectivity index (χ1n) is 4.18. The summed E-state index contributed by atoms with van der Waals surface area (Å²) >= 11 is 5.76. The van der Waals surface area contributed by atoms with Gasteiger partial charge in [0, 0.05) is 6.07 Å². The van der Waals surface area contributed by atoms with Gasteiger partial charge in [0.15, 0.2) is 0 Å². The number of hydrogen-bond donors (Lipinski definition) is 2. The largest absolute Gasteiger partial charge is 0.489 e. The summed E-state index contributed by atoms with van der Waals surface area (Å²) in [5.74, 6) is -0.305. The second-order valence-electron chi connectivity index (χ2n) is 2.83. The van der Waals surface area contributed by atoms with Gasteiger partial charge < -0.3 is 16.2 Å². The maximum atomic E-state index is 11.1. The number of ether oxygens (including phenoxy) is 1. The van der Waals surface area contributed by atoms with Crippen molar-refractivity contribution in [1.82, 2.24) is 0 Å². The number of rotatable bonds is 4. The maximum Gasteiger partial charge on any atom is 0.252 e. The number of halogens is 1. The van der Waals surface area contributed by atoms with Crippen molar-refractivity contribution in [3.05, 3.63) is 35.4 Å². The Morgan fingerprint density at radius 2 is 2.27 bits per heavy atom. The minimum Gasteiger partial charge on any atom is -0.489 e. The summed E-state index contributed by atoms with van der Waals surface area (Å²) in [6, 6.07) is 2.85. The number of hydrogen-bond acceptors (Lipinski definition) is 3. The van der Waals surface area contributed by atoms with Crippen molar-refractivity contribution in [2.45, 2.75) is 0 Å². The number of nitrogens with two attached hydrogens (primary N) is 2. The fourth-order valence-corrected chi connectivity index (χ4v) is 1.19. The predicted octanol–water partition coefficient (Wildman–Crippen LogP) is 1.59. The number of nitrogen functional groups attached to an aromatic ring is 1. The molecule has 0 radical (unpaired) electrons. The highest BCUT2D eigenvalue weighted by Gasteiger charge is 2.12. The van der Waals surface area contributed by atoms with Gasteiger partial charge in [-0.2, -0.15) is 0 Å². The third-order valence-electron chi connectivity index (χ3n) is 1.72. The van der Waals surface area contributed by atoms with E-state index in [1.165, 1.54) is 12.1 Å². The van der Waals surface area contributed by atoms with E-state index in [1.54, 1.807) is 6.08 Å². The molecule has 0 fully saturated rings. The molecule has 0 aliphatic carbocycles. The van der Waals surface area contributed by atoms with Crippen LogP contribution in [0.25, 0.3) is 0 Å². The van der Waals surface area contributed by atoms with Crippen LogP contribution in [-0.4, -0.2) is 12.5 Å². The molecule has 0 spiro atoms. The first kappa shape index (κ1) is 11.4. The summed E-state index contributed by atoms with van der Waals surface area (Å²) in [6.07, 6.45) is 1.55. The third-order valence-corrected chi connectivity index (χ3v) is 2.05. The van der Waals surface area contributed by atoms with Crippen molar-refractivity contribution < 1.29 is 9.53 Å². The Labute approximate surface area is 92.5 Å². The van der Waals surface area contributed by atoms with Crippen LogP contribution in [0, 0.1) is 0 Å². The topological polar surface area (TPSA) is 78.3 Å². The van der Waals surface area contributed by atoms with E-state index in [0.29, 0.717) is 11.4 Å². The Kier molecular flexibility index (Phi) is 3.57. The molecule has 4 nitrogen and oxygen atoms in total. The lowest BCUT2D eigenvalue weighted by Gasteiger charge is -2.09. The molecule has 15 heavy (non-hydrogen) atoms. The molecule has 1 amide bonds. The molecule has 0 aliphatic heterocycles. The second kappa shape index (κ2) is 4.70. The first-order valence-corrected chi connectivity index (χ1v) is 4.56. The van der Waals surface area contributed by atoms with Gasteiger partial charge in [-0.05, 0) is 6.07 Å². The Bertz CT molecular complexity index is 405. The fourth-order valence-electron chi connectivity index (χ4n) is 1.03. The van der Waals surface area contributed by atoms with E-state index >= 15 is 0 Å². The SMILES string of the molecule is C=CCOc1cc(N)c(Cl)cc1C(N)=O. The first-order chi connectivity index (χ1) is 7.06. The van der Waals surface area contributed by atoms with Crippen LogP contribution in [0.1, 0.15) is 10.4 Å². The van der Waals surface area contributed by atoms with Gasteiger partial charge in [-0.15, -0.1) is 0 Å². The highest BCUT2D eigenvalue weighted by Crippen LogP contribution is 2.28. The van der Waals surface area contributed by atoms with Gasteiger partial charge >= 0.3 is 0 Å². The molecule has 5 heteroatoms. The van der Waals surface area contributed by atoms with Crippen LogP contribution in [0.5, 0.6) is 5.75 Å². The Morgan fingerprint density at radius 1 is 1.60 bits per heavy atom. The quantitative estimate of drug-likeness (QED) is 0.605. The van der Waals surface area contributed by atoms with Gasteiger partial charge in [-0.1, -0.05) is 24.3 Å². The number of amides is 1. The molecular formula is C10H11ClN2O2. The standard InChI is InChI=1S/C10H11ClN2O2/c1-2-3-15-9-5-8(12)7(11)4-6(9)10(13)14/h2,4-5H,1,3,12H2,(H2,13,14). The zero-order valence-corrected chi connectivity index (χ0v) is 8.75. The number of primary amides is 1. The van der Waals surface area contributed by atoms with E-state index in [-0.39, 0.29) is 17.2 Å². The smallest absolute Gasteiger partial charge is 0.252 e. The normalized spacial score (nSPS) is 9.67.